The molecule has 0 spiro atoms. The number of aromatic hydroxyl groups is 1. The first kappa shape index (κ1) is 9.00. The van der Waals surface area contributed by atoms with Gasteiger partial charge in [0, 0.05) is 6.42 Å². The zero-order valence-electron chi connectivity index (χ0n) is 6.78. The molecule has 12 heavy (non-hydrogen) atoms. The predicted octanol–water partition coefficient (Wildman–Crippen LogP) is 1.91. The second-order valence-electron chi connectivity index (χ2n) is 2.42. The molecule has 1 aromatic rings. The molecule has 0 atom stereocenters. The number of phenols is 1. The minimum Gasteiger partial charge on any atom is -0.508 e. The molecule has 2 nitrogen and oxygen atoms in total. The Morgan fingerprint density at radius 2 is 2.00 bits per heavy atom. The molecular weight excluding hydrogens is 172 g/mol. The van der Waals surface area contributed by atoms with Crippen molar-refractivity contribution in [1.29, 1.82) is 0 Å². The lowest BCUT2D eigenvalue weighted by atomic mass is 10.1. The summed E-state index contributed by atoms with van der Waals surface area (Å²) in [4.78, 5) is 0. The number of rotatable bonds is 2. The van der Waals surface area contributed by atoms with Gasteiger partial charge in [-0.05, 0) is 29.9 Å². The van der Waals surface area contributed by atoms with Crippen LogP contribution in [0.3, 0.4) is 0 Å². The van der Waals surface area contributed by atoms with Crippen LogP contribution in [0.15, 0.2) is 24.3 Å². The molecule has 0 bridgehead atoms. The van der Waals surface area contributed by atoms with Gasteiger partial charge in [0.15, 0.2) is 5.05 Å². The van der Waals surface area contributed by atoms with E-state index in [9.17, 15) is 0 Å². The molecule has 0 saturated heterocycles. The molecule has 0 saturated carbocycles. The fourth-order valence-corrected chi connectivity index (χ4v) is 1.02. The summed E-state index contributed by atoms with van der Waals surface area (Å²) >= 11 is 4.89. The second-order valence-corrected chi connectivity index (χ2v) is 2.87. The Hall–Kier alpha value is -1.09. The molecule has 0 unspecified atom stereocenters. The topological polar surface area (TPSA) is 29.5 Å². The van der Waals surface area contributed by atoms with Gasteiger partial charge < -0.3 is 9.84 Å². The van der Waals surface area contributed by atoms with Crippen molar-refractivity contribution in [3.05, 3.63) is 29.8 Å². The van der Waals surface area contributed by atoms with Crippen molar-refractivity contribution < 1.29 is 9.84 Å². The molecule has 0 amide bonds. The molecule has 0 fully saturated rings. The molecule has 3 heteroatoms. The predicted molar refractivity (Wildman–Crippen MR) is 51.4 cm³/mol. The van der Waals surface area contributed by atoms with Crippen molar-refractivity contribution in [2.45, 2.75) is 6.42 Å². The standard InChI is InChI=1S/C9H10O2S/c1-11-9(12)6-7-2-4-8(10)5-3-7/h2-5,10H,6H2,1H3. The van der Waals surface area contributed by atoms with Gasteiger partial charge in [-0.25, -0.2) is 0 Å². The molecule has 0 aliphatic carbocycles. The van der Waals surface area contributed by atoms with E-state index >= 15 is 0 Å². The van der Waals surface area contributed by atoms with E-state index in [1.54, 1.807) is 19.2 Å². The molecule has 1 N–H and O–H groups in total. The first-order valence-corrected chi connectivity index (χ1v) is 3.98. The highest BCUT2D eigenvalue weighted by molar-refractivity contribution is 7.80. The maximum atomic E-state index is 8.98. The van der Waals surface area contributed by atoms with E-state index in [0.29, 0.717) is 11.5 Å². The van der Waals surface area contributed by atoms with E-state index in [-0.39, 0.29) is 5.75 Å². The Morgan fingerprint density at radius 3 is 2.50 bits per heavy atom. The summed E-state index contributed by atoms with van der Waals surface area (Å²) in [6.07, 6.45) is 0.617. The Kier molecular flexibility index (Phi) is 3.05. The zero-order chi connectivity index (χ0) is 8.97. The number of hydrogen-bond acceptors (Lipinski definition) is 3. The molecule has 0 aromatic heterocycles. The van der Waals surface area contributed by atoms with Crippen LogP contribution in [-0.4, -0.2) is 17.3 Å². The van der Waals surface area contributed by atoms with Crippen LogP contribution < -0.4 is 0 Å². The summed E-state index contributed by atoms with van der Waals surface area (Å²) in [7, 11) is 1.56. The number of ether oxygens (including phenoxy) is 1. The van der Waals surface area contributed by atoms with Gasteiger partial charge in [0.2, 0.25) is 0 Å². The van der Waals surface area contributed by atoms with Gasteiger partial charge >= 0.3 is 0 Å². The maximum Gasteiger partial charge on any atom is 0.163 e. The lowest BCUT2D eigenvalue weighted by Crippen LogP contribution is -2.01. The number of methoxy groups -OCH3 is 1. The number of benzene rings is 1. The van der Waals surface area contributed by atoms with E-state index < -0.39 is 0 Å². The van der Waals surface area contributed by atoms with Gasteiger partial charge in [0.25, 0.3) is 0 Å². The summed E-state index contributed by atoms with van der Waals surface area (Å²) in [5.74, 6) is 0.266. The summed E-state index contributed by atoms with van der Waals surface area (Å²) in [6.45, 7) is 0. The van der Waals surface area contributed by atoms with Crippen LogP contribution >= 0.6 is 12.2 Å². The third kappa shape index (κ3) is 2.51. The average Bonchev–Trinajstić information content (AvgIpc) is 2.09. The lowest BCUT2D eigenvalue weighted by Gasteiger charge is -2.01. The smallest absolute Gasteiger partial charge is 0.163 e. The van der Waals surface area contributed by atoms with Crippen LogP contribution in [0, 0.1) is 0 Å². The molecule has 64 valence electrons. The van der Waals surface area contributed by atoms with Crippen molar-refractivity contribution in [1.82, 2.24) is 0 Å². The molecule has 0 heterocycles. The Balaban J connectivity index is 2.64. The van der Waals surface area contributed by atoms with E-state index in [1.165, 1.54) is 0 Å². The molecule has 1 aromatic carbocycles. The highest BCUT2D eigenvalue weighted by Gasteiger charge is 1.97. The largest absolute Gasteiger partial charge is 0.508 e. The van der Waals surface area contributed by atoms with Crippen molar-refractivity contribution in [3.63, 3.8) is 0 Å². The first-order valence-electron chi connectivity index (χ1n) is 3.57. The van der Waals surface area contributed by atoms with E-state index in [1.807, 2.05) is 12.1 Å². The first-order chi connectivity index (χ1) is 5.72. The van der Waals surface area contributed by atoms with Crippen LogP contribution in [0.4, 0.5) is 0 Å². The molecule has 0 radical (unpaired) electrons. The van der Waals surface area contributed by atoms with Gasteiger partial charge in [0.05, 0.1) is 7.11 Å². The van der Waals surface area contributed by atoms with E-state index in [2.05, 4.69) is 0 Å². The SMILES string of the molecule is COC(=S)Cc1ccc(O)cc1. The monoisotopic (exact) mass is 182 g/mol. The Morgan fingerprint density at radius 1 is 1.42 bits per heavy atom. The quantitative estimate of drug-likeness (QED) is 0.708. The average molecular weight is 182 g/mol. The van der Waals surface area contributed by atoms with Gasteiger partial charge in [0.1, 0.15) is 5.75 Å². The van der Waals surface area contributed by atoms with Crippen molar-refractivity contribution in [2.24, 2.45) is 0 Å². The number of phenolic OH excluding ortho intramolecular Hbond substituents is 1. The number of hydrogen-bond donors (Lipinski definition) is 1. The fraction of sp³-hybridized carbons (Fsp3) is 0.222. The van der Waals surface area contributed by atoms with E-state index in [4.69, 9.17) is 22.1 Å². The van der Waals surface area contributed by atoms with Crippen molar-refractivity contribution >= 4 is 17.3 Å². The summed E-state index contributed by atoms with van der Waals surface area (Å²) in [5, 5.41) is 9.54. The molecule has 0 aliphatic rings. The van der Waals surface area contributed by atoms with Gasteiger partial charge in [-0.15, -0.1) is 0 Å². The minimum absolute atomic E-state index is 0.266. The van der Waals surface area contributed by atoms with Crippen LogP contribution in [0.2, 0.25) is 0 Å². The normalized spacial score (nSPS) is 9.42. The summed E-state index contributed by atoms with van der Waals surface area (Å²) in [5.41, 5.74) is 1.04. The van der Waals surface area contributed by atoms with Crippen LogP contribution in [0.5, 0.6) is 5.75 Å². The Bertz CT molecular complexity index is 266. The summed E-state index contributed by atoms with van der Waals surface area (Å²) < 4.78 is 4.85. The van der Waals surface area contributed by atoms with E-state index in [0.717, 1.165) is 5.56 Å². The molecular formula is C9H10O2S. The number of thiocarbonyl (C=S) groups is 1. The zero-order valence-corrected chi connectivity index (χ0v) is 7.60. The molecule has 1 rings (SSSR count). The van der Waals surface area contributed by atoms with Crippen molar-refractivity contribution in [2.75, 3.05) is 7.11 Å². The van der Waals surface area contributed by atoms with Crippen LogP contribution in [0.25, 0.3) is 0 Å². The highest BCUT2D eigenvalue weighted by atomic mass is 32.1. The fourth-order valence-electron chi connectivity index (χ4n) is 0.853. The molecule has 0 aliphatic heterocycles. The lowest BCUT2D eigenvalue weighted by molar-refractivity contribution is 0.406. The third-order valence-corrected chi connectivity index (χ3v) is 1.82. The minimum atomic E-state index is 0.266. The van der Waals surface area contributed by atoms with Crippen LogP contribution in [0.1, 0.15) is 5.56 Å². The van der Waals surface area contributed by atoms with Gasteiger partial charge in [-0.3, -0.25) is 0 Å². The third-order valence-electron chi connectivity index (χ3n) is 1.51. The highest BCUT2D eigenvalue weighted by Crippen LogP contribution is 2.10. The van der Waals surface area contributed by atoms with Gasteiger partial charge in [-0.1, -0.05) is 12.1 Å². The van der Waals surface area contributed by atoms with Gasteiger partial charge in [-0.2, -0.15) is 0 Å². The second kappa shape index (κ2) is 4.07. The van der Waals surface area contributed by atoms with Crippen molar-refractivity contribution in [3.8, 4) is 5.75 Å². The Labute approximate surface area is 76.8 Å². The summed E-state index contributed by atoms with van der Waals surface area (Å²) in [6, 6.07) is 6.91. The maximum absolute atomic E-state index is 8.98. The van der Waals surface area contributed by atoms with Crippen LogP contribution in [-0.2, 0) is 11.2 Å².